The summed E-state index contributed by atoms with van der Waals surface area (Å²) < 4.78 is 0. The Morgan fingerprint density at radius 3 is 2.78 bits per heavy atom. The van der Waals surface area contributed by atoms with Gasteiger partial charge in [-0.1, -0.05) is 0 Å². The summed E-state index contributed by atoms with van der Waals surface area (Å²) in [5.41, 5.74) is 1.45. The maximum absolute atomic E-state index is 3.29. The maximum atomic E-state index is 3.29. The third-order valence-corrected chi connectivity index (χ3v) is 1.71. The van der Waals surface area contributed by atoms with E-state index in [-0.39, 0.29) is 0 Å². The second-order valence-electron chi connectivity index (χ2n) is 2.44. The molecule has 1 rings (SSSR count). The summed E-state index contributed by atoms with van der Waals surface area (Å²) in [6.45, 7) is 3.28. The van der Waals surface area contributed by atoms with Gasteiger partial charge in [0.2, 0.25) is 0 Å². The van der Waals surface area contributed by atoms with E-state index in [1.807, 2.05) is 7.05 Å². The highest BCUT2D eigenvalue weighted by molar-refractivity contribution is 5.10. The lowest BCUT2D eigenvalue weighted by atomic mass is 10.1. The van der Waals surface area contributed by atoms with Gasteiger partial charge in [-0.3, -0.25) is 0 Å². The molecule has 0 saturated heterocycles. The van der Waals surface area contributed by atoms with Gasteiger partial charge < -0.3 is 10.6 Å². The minimum absolute atomic E-state index is 1.12. The minimum Gasteiger partial charge on any atom is -0.375 e. The van der Waals surface area contributed by atoms with Crippen LogP contribution in [0.1, 0.15) is 19.8 Å². The first-order valence-corrected chi connectivity index (χ1v) is 3.46. The summed E-state index contributed by atoms with van der Waals surface area (Å²) in [6.07, 6.45) is 2.51. The van der Waals surface area contributed by atoms with Crippen molar-refractivity contribution in [2.24, 2.45) is 0 Å². The van der Waals surface area contributed by atoms with E-state index in [4.69, 9.17) is 0 Å². The zero-order valence-electron chi connectivity index (χ0n) is 6.12. The molecule has 0 spiro atoms. The molecule has 0 aliphatic carbocycles. The second kappa shape index (κ2) is 2.76. The van der Waals surface area contributed by atoms with Crippen LogP contribution in [0.3, 0.4) is 0 Å². The van der Waals surface area contributed by atoms with Crippen molar-refractivity contribution < 1.29 is 0 Å². The van der Waals surface area contributed by atoms with Crippen LogP contribution in [-0.2, 0) is 0 Å². The van der Waals surface area contributed by atoms with E-state index in [1.54, 1.807) is 0 Å². The van der Waals surface area contributed by atoms with Crippen LogP contribution in [0.4, 0.5) is 0 Å². The summed E-state index contributed by atoms with van der Waals surface area (Å²) in [4.78, 5) is 0. The lowest BCUT2D eigenvalue weighted by Crippen LogP contribution is -2.29. The standard InChI is InChI=1S/C7H14N2/c1-6-4-3-5-9-7(6)8-2/h8-9H,3-5H2,1-2H3. The molecule has 1 aliphatic heterocycles. The molecule has 1 aliphatic rings. The van der Waals surface area contributed by atoms with Crippen molar-refractivity contribution in [3.63, 3.8) is 0 Å². The fraction of sp³-hybridized carbons (Fsp3) is 0.714. The Hall–Kier alpha value is -0.660. The molecule has 2 N–H and O–H groups in total. The van der Waals surface area contributed by atoms with Crippen molar-refractivity contribution in [2.45, 2.75) is 19.8 Å². The second-order valence-corrected chi connectivity index (χ2v) is 2.44. The van der Waals surface area contributed by atoms with Crippen LogP contribution in [0, 0.1) is 0 Å². The zero-order chi connectivity index (χ0) is 6.69. The average molecular weight is 126 g/mol. The average Bonchev–Trinajstić information content (AvgIpc) is 1.89. The number of rotatable bonds is 1. The van der Waals surface area contributed by atoms with Gasteiger partial charge in [-0.05, 0) is 25.3 Å². The van der Waals surface area contributed by atoms with Crippen LogP contribution in [-0.4, -0.2) is 13.6 Å². The fourth-order valence-corrected chi connectivity index (χ4v) is 1.14. The van der Waals surface area contributed by atoms with Crippen molar-refractivity contribution in [2.75, 3.05) is 13.6 Å². The molecule has 0 radical (unpaired) electrons. The van der Waals surface area contributed by atoms with Crippen LogP contribution in [0.2, 0.25) is 0 Å². The Morgan fingerprint density at radius 2 is 2.33 bits per heavy atom. The smallest absolute Gasteiger partial charge is 0.0972 e. The van der Waals surface area contributed by atoms with Crippen molar-refractivity contribution in [1.82, 2.24) is 10.6 Å². The third kappa shape index (κ3) is 1.37. The summed E-state index contributed by atoms with van der Waals surface area (Å²) >= 11 is 0. The van der Waals surface area contributed by atoms with Gasteiger partial charge in [-0.25, -0.2) is 0 Å². The highest BCUT2D eigenvalue weighted by Gasteiger charge is 2.04. The Labute approximate surface area is 56.3 Å². The first-order valence-electron chi connectivity index (χ1n) is 3.46. The van der Waals surface area contributed by atoms with E-state index in [1.165, 1.54) is 24.2 Å². The summed E-state index contributed by atoms with van der Waals surface area (Å²) in [5.74, 6) is 1.22. The molecule has 0 amide bonds. The molecule has 1 heterocycles. The molecule has 0 atom stereocenters. The van der Waals surface area contributed by atoms with Gasteiger partial charge in [0.15, 0.2) is 0 Å². The molecule has 0 aromatic rings. The first kappa shape index (κ1) is 6.46. The van der Waals surface area contributed by atoms with Crippen molar-refractivity contribution >= 4 is 0 Å². The van der Waals surface area contributed by atoms with E-state index in [0.717, 1.165) is 6.54 Å². The monoisotopic (exact) mass is 126 g/mol. The van der Waals surface area contributed by atoms with Crippen molar-refractivity contribution in [3.05, 3.63) is 11.4 Å². The normalized spacial score (nSPS) is 19.3. The quantitative estimate of drug-likeness (QED) is 0.543. The number of hydrogen-bond acceptors (Lipinski definition) is 2. The lowest BCUT2D eigenvalue weighted by Gasteiger charge is -2.18. The molecular weight excluding hydrogens is 112 g/mol. The molecular formula is C7H14N2. The molecule has 0 aromatic carbocycles. The van der Waals surface area contributed by atoms with Crippen LogP contribution in [0.25, 0.3) is 0 Å². The zero-order valence-corrected chi connectivity index (χ0v) is 6.12. The third-order valence-electron chi connectivity index (χ3n) is 1.71. The minimum atomic E-state index is 1.12. The molecule has 9 heavy (non-hydrogen) atoms. The van der Waals surface area contributed by atoms with Crippen LogP contribution in [0.5, 0.6) is 0 Å². The van der Waals surface area contributed by atoms with Crippen molar-refractivity contribution in [1.29, 1.82) is 0 Å². The summed E-state index contributed by atoms with van der Waals surface area (Å²) in [7, 11) is 1.96. The Kier molecular flexibility index (Phi) is 1.98. The fourth-order valence-electron chi connectivity index (χ4n) is 1.14. The SMILES string of the molecule is CNC1=C(C)CCCN1. The molecule has 0 unspecified atom stereocenters. The first-order chi connectivity index (χ1) is 4.34. The molecule has 0 fully saturated rings. The molecule has 2 heteroatoms. The van der Waals surface area contributed by atoms with Gasteiger partial charge in [0, 0.05) is 13.6 Å². The number of hydrogen-bond donors (Lipinski definition) is 2. The van der Waals surface area contributed by atoms with Gasteiger partial charge in [0.05, 0.1) is 5.82 Å². The van der Waals surface area contributed by atoms with Gasteiger partial charge in [0.25, 0.3) is 0 Å². The van der Waals surface area contributed by atoms with Crippen LogP contribution >= 0.6 is 0 Å². The van der Waals surface area contributed by atoms with E-state index >= 15 is 0 Å². The molecule has 2 nitrogen and oxygen atoms in total. The predicted molar refractivity (Wildman–Crippen MR) is 39.0 cm³/mol. The van der Waals surface area contributed by atoms with Crippen LogP contribution < -0.4 is 10.6 Å². The highest BCUT2D eigenvalue weighted by Crippen LogP contribution is 2.10. The Bertz CT molecular complexity index is 127. The van der Waals surface area contributed by atoms with Crippen LogP contribution in [0.15, 0.2) is 11.4 Å². The highest BCUT2D eigenvalue weighted by atomic mass is 15.1. The number of nitrogens with one attached hydrogen (secondary N) is 2. The molecule has 0 bridgehead atoms. The molecule has 52 valence electrons. The summed E-state index contributed by atoms with van der Waals surface area (Å²) in [6, 6.07) is 0. The van der Waals surface area contributed by atoms with E-state index in [9.17, 15) is 0 Å². The Morgan fingerprint density at radius 1 is 1.56 bits per heavy atom. The van der Waals surface area contributed by atoms with Gasteiger partial charge in [-0.15, -0.1) is 0 Å². The lowest BCUT2D eigenvalue weighted by molar-refractivity contribution is 0.621. The predicted octanol–water partition coefficient (Wildman–Crippen LogP) is 0.821. The van der Waals surface area contributed by atoms with E-state index < -0.39 is 0 Å². The topological polar surface area (TPSA) is 24.1 Å². The molecule has 0 saturated carbocycles. The van der Waals surface area contributed by atoms with Crippen molar-refractivity contribution in [3.8, 4) is 0 Å². The summed E-state index contributed by atoms with van der Waals surface area (Å²) in [5, 5.41) is 6.41. The molecule has 0 aromatic heterocycles. The maximum Gasteiger partial charge on any atom is 0.0972 e. The Balaban J connectivity index is 2.59. The van der Waals surface area contributed by atoms with E-state index in [2.05, 4.69) is 17.6 Å². The number of allylic oxidation sites excluding steroid dienone is 1. The largest absolute Gasteiger partial charge is 0.375 e. The van der Waals surface area contributed by atoms with Gasteiger partial charge in [0.1, 0.15) is 0 Å². The van der Waals surface area contributed by atoms with Gasteiger partial charge in [-0.2, -0.15) is 0 Å². The van der Waals surface area contributed by atoms with Gasteiger partial charge >= 0.3 is 0 Å². The van der Waals surface area contributed by atoms with E-state index in [0.29, 0.717) is 0 Å².